The van der Waals surface area contributed by atoms with Crippen LogP contribution in [0.2, 0.25) is 0 Å². The molecule has 0 atom stereocenters. The first kappa shape index (κ1) is 16.0. The number of hydrogen-bond acceptors (Lipinski definition) is 5. The molecule has 0 rings (SSSR count). The van der Waals surface area contributed by atoms with Crippen molar-refractivity contribution in [2.45, 2.75) is 32.8 Å². The van der Waals surface area contributed by atoms with Gasteiger partial charge in [0.25, 0.3) is 0 Å². The van der Waals surface area contributed by atoms with Gasteiger partial charge in [-0.2, -0.15) is 0 Å². The average Bonchev–Trinajstić information content (AvgIpc) is 2.20. The zero-order chi connectivity index (χ0) is 14.3. The fourth-order valence-corrected chi connectivity index (χ4v) is 1.02. The predicted octanol–water partition coefficient (Wildman–Crippen LogP) is 0.445. The summed E-state index contributed by atoms with van der Waals surface area (Å²) in [6.45, 7) is 4.77. The zero-order valence-corrected chi connectivity index (χ0v) is 10.7. The largest absolute Gasteiger partial charge is 0.481 e. The summed E-state index contributed by atoms with van der Waals surface area (Å²) < 4.78 is 5.08. The van der Waals surface area contributed by atoms with Crippen molar-refractivity contribution in [1.82, 2.24) is 4.90 Å². The Bertz CT molecular complexity index is 335. The van der Waals surface area contributed by atoms with E-state index in [0.717, 1.165) is 4.90 Å². The van der Waals surface area contributed by atoms with E-state index in [1.165, 1.54) is 0 Å². The van der Waals surface area contributed by atoms with E-state index in [0.29, 0.717) is 0 Å². The number of nitrogens with two attached hydrogens (primary N) is 1. The number of carbonyl (C=O) groups is 2. The number of oxime groups is 1. The second-order valence-electron chi connectivity index (χ2n) is 4.64. The number of ether oxygens (including phenoxy) is 1. The molecule has 8 nitrogen and oxygen atoms in total. The summed E-state index contributed by atoms with van der Waals surface area (Å²) in [5, 5.41) is 19.8. The minimum atomic E-state index is -1.05. The van der Waals surface area contributed by atoms with Gasteiger partial charge in [0.05, 0.1) is 13.0 Å². The minimum Gasteiger partial charge on any atom is -0.481 e. The lowest BCUT2D eigenvalue weighted by atomic mass is 10.2. The number of rotatable bonds is 5. The van der Waals surface area contributed by atoms with E-state index in [-0.39, 0.29) is 25.3 Å². The maximum atomic E-state index is 11.7. The van der Waals surface area contributed by atoms with Crippen LogP contribution in [0.25, 0.3) is 0 Å². The molecule has 0 aliphatic carbocycles. The molecule has 1 amide bonds. The molecule has 0 aromatic carbocycles. The number of carbonyl (C=O) groups excluding carboxylic acids is 1. The van der Waals surface area contributed by atoms with Crippen molar-refractivity contribution < 1.29 is 24.6 Å². The van der Waals surface area contributed by atoms with Gasteiger partial charge in [-0.1, -0.05) is 5.16 Å². The average molecular weight is 261 g/mol. The molecule has 4 N–H and O–H groups in total. The van der Waals surface area contributed by atoms with Gasteiger partial charge in [-0.3, -0.25) is 4.79 Å². The highest BCUT2D eigenvalue weighted by Crippen LogP contribution is 2.10. The van der Waals surface area contributed by atoms with Crippen LogP contribution in [0.3, 0.4) is 0 Å². The Balaban J connectivity index is 4.63. The first-order chi connectivity index (χ1) is 8.15. The molecule has 0 unspecified atom stereocenters. The Morgan fingerprint density at radius 1 is 1.39 bits per heavy atom. The van der Waals surface area contributed by atoms with E-state index in [9.17, 15) is 9.59 Å². The van der Waals surface area contributed by atoms with Gasteiger partial charge in [0, 0.05) is 6.54 Å². The van der Waals surface area contributed by atoms with Crippen LogP contribution in [0, 0.1) is 0 Å². The Hall–Kier alpha value is -1.99. The summed E-state index contributed by atoms with van der Waals surface area (Å²) in [4.78, 5) is 23.3. The van der Waals surface area contributed by atoms with Crippen molar-refractivity contribution >= 4 is 17.9 Å². The van der Waals surface area contributed by atoms with Gasteiger partial charge in [0.1, 0.15) is 5.60 Å². The molecule has 0 aliphatic rings. The van der Waals surface area contributed by atoms with Gasteiger partial charge in [0.15, 0.2) is 5.84 Å². The van der Waals surface area contributed by atoms with Crippen LogP contribution in [-0.4, -0.2) is 51.8 Å². The third-order valence-electron chi connectivity index (χ3n) is 1.73. The van der Waals surface area contributed by atoms with Crippen molar-refractivity contribution in [1.29, 1.82) is 0 Å². The third-order valence-corrected chi connectivity index (χ3v) is 1.73. The Labute approximate surface area is 105 Å². The molecule has 0 bridgehead atoms. The van der Waals surface area contributed by atoms with Crippen LogP contribution in [0.4, 0.5) is 4.79 Å². The van der Waals surface area contributed by atoms with Gasteiger partial charge in [-0.15, -0.1) is 0 Å². The maximum absolute atomic E-state index is 11.7. The molecule has 104 valence electrons. The van der Waals surface area contributed by atoms with Crippen LogP contribution in [0.1, 0.15) is 27.2 Å². The lowest BCUT2D eigenvalue weighted by molar-refractivity contribution is -0.137. The van der Waals surface area contributed by atoms with Gasteiger partial charge in [-0.05, 0) is 20.8 Å². The highest BCUT2D eigenvalue weighted by atomic mass is 16.6. The molecular weight excluding hydrogens is 242 g/mol. The number of hydrogen-bond donors (Lipinski definition) is 3. The van der Waals surface area contributed by atoms with Crippen LogP contribution < -0.4 is 5.73 Å². The monoisotopic (exact) mass is 261 g/mol. The second kappa shape index (κ2) is 6.67. The summed E-state index contributed by atoms with van der Waals surface area (Å²) in [5.41, 5.74) is 4.58. The number of carboxylic acid groups (broad SMARTS) is 1. The Morgan fingerprint density at radius 2 is 1.94 bits per heavy atom. The van der Waals surface area contributed by atoms with Crippen molar-refractivity contribution in [3.05, 3.63) is 0 Å². The lowest BCUT2D eigenvalue weighted by Gasteiger charge is -2.26. The molecular formula is C10H19N3O5. The molecule has 0 aromatic heterocycles. The SMILES string of the molecule is CC(C)(C)OC(=O)N(CCC(=O)O)C/C(N)=N/O. The zero-order valence-electron chi connectivity index (χ0n) is 10.7. The number of carboxylic acids is 1. The van der Waals surface area contributed by atoms with E-state index in [1.807, 2.05) is 0 Å². The quantitative estimate of drug-likeness (QED) is 0.285. The van der Waals surface area contributed by atoms with Gasteiger partial charge in [-0.25, -0.2) is 4.79 Å². The highest BCUT2D eigenvalue weighted by molar-refractivity contribution is 5.85. The highest BCUT2D eigenvalue weighted by Gasteiger charge is 2.23. The Morgan fingerprint density at radius 3 is 2.33 bits per heavy atom. The van der Waals surface area contributed by atoms with Crippen molar-refractivity contribution in [3.63, 3.8) is 0 Å². The number of aliphatic carboxylic acids is 1. The second-order valence-corrected chi connectivity index (χ2v) is 4.64. The van der Waals surface area contributed by atoms with Crippen LogP contribution >= 0.6 is 0 Å². The fraction of sp³-hybridized carbons (Fsp3) is 0.700. The predicted molar refractivity (Wildman–Crippen MR) is 63.5 cm³/mol. The van der Waals surface area contributed by atoms with Crippen molar-refractivity contribution in [2.24, 2.45) is 10.9 Å². The van der Waals surface area contributed by atoms with Gasteiger partial charge >= 0.3 is 12.1 Å². The van der Waals surface area contributed by atoms with E-state index in [4.69, 9.17) is 20.8 Å². The van der Waals surface area contributed by atoms with Gasteiger partial charge < -0.3 is 25.7 Å². The number of nitrogens with zero attached hydrogens (tertiary/aromatic N) is 2. The van der Waals surface area contributed by atoms with Crippen LogP contribution in [0.5, 0.6) is 0 Å². The number of amides is 1. The molecule has 18 heavy (non-hydrogen) atoms. The van der Waals surface area contributed by atoms with E-state index in [2.05, 4.69) is 5.16 Å². The Kier molecular flexibility index (Phi) is 5.94. The molecule has 8 heteroatoms. The van der Waals surface area contributed by atoms with Crippen LogP contribution in [-0.2, 0) is 9.53 Å². The van der Waals surface area contributed by atoms with Crippen LogP contribution in [0.15, 0.2) is 5.16 Å². The molecule has 0 saturated carbocycles. The first-order valence-corrected chi connectivity index (χ1v) is 5.32. The summed E-state index contributed by atoms with van der Waals surface area (Å²) in [5.74, 6) is -1.26. The van der Waals surface area contributed by atoms with Gasteiger partial charge in [0.2, 0.25) is 0 Å². The lowest BCUT2D eigenvalue weighted by Crippen LogP contribution is -2.42. The molecule has 0 radical (unpaired) electrons. The summed E-state index contributed by atoms with van der Waals surface area (Å²) in [6, 6.07) is 0. The van der Waals surface area contributed by atoms with Crippen molar-refractivity contribution in [2.75, 3.05) is 13.1 Å². The summed E-state index contributed by atoms with van der Waals surface area (Å²) in [6.07, 6.45) is -0.965. The minimum absolute atomic E-state index is 0.0829. The molecule has 0 aromatic rings. The number of amidine groups is 1. The van der Waals surface area contributed by atoms with Crippen molar-refractivity contribution in [3.8, 4) is 0 Å². The standard InChI is InChI=1S/C10H19N3O5/c1-10(2,3)18-9(16)13(5-4-8(14)15)6-7(11)12-17/h17H,4-6H2,1-3H3,(H2,11,12)(H,14,15). The fourth-order valence-electron chi connectivity index (χ4n) is 1.02. The molecule has 0 aliphatic heterocycles. The smallest absolute Gasteiger partial charge is 0.410 e. The molecule has 0 saturated heterocycles. The summed E-state index contributed by atoms with van der Waals surface area (Å²) >= 11 is 0. The molecule has 0 fully saturated rings. The van der Waals surface area contributed by atoms with E-state index >= 15 is 0 Å². The van der Waals surface area contributed by atoms with E-state index in [1.54, 1.807) is 20.8 Å². The molecule has 0 spiro atoms. The first-order valence-electron chi connectivity index (χ1n) is 5.32. The molecule has 0 heterocycles. The van der Waals surface area contributed by atoms with E-state index < -0.39 is 17.7 Å². The topological polar surface area (TPSA) is 125 Å². The summed E-state index contributed by atoms with van der Waals surface area (Å²) in [7, 11) is 0. The normalized spacial score (nSPS) is 12.1. The maximum Gasteiger partial charge on any atom is 0.410 e. The third kappa shape index (κ3) is 7.31.